The number of benzene rings is 1. The van der Waals surface area contributed by atoms with Gasteiger partial charge < -0.3 is 15.5 Å². The van der Waals surface area contributed by atoms with Gasteiger partial charge in [0.1, 0.15) is 23.5 Å². The van der Waals surface area contributed by atoms with Crippen LogP contribution < -0.4 is 10.9 Å². The summed E-state index contributed by atoms with van der Waals surface area (Å²) in [5, 5.41) is 21.5. The third kappa shape index (κ3) is 3.64. The number of carbonyl (C=O) groups is 2. The van der Waals surface area contributed by atoms with Crippen LogP contribution in [0.25, 0.3) is 11.0 Å². The summed E-state index contributed by atoms with van der Waals surface area (Å²) in [5.41, 5.74) is 0.854. The van der Waals surface area contributed by atoms with Crippen LogP contribution in [0.4, 0.5) is 0 Å². The van der Waals surface area contributed by atoms with Crippen molar-refractivity contribution in [2.24, 2.45) is 0 Å². The third-order valence-electron chi connectivity index (χ3n) is 4.08. The number of hydrogen-bond acceptors (Lipinski definition) is 5. The van der Waals surface area contributed by atoms with Crippen molar-refractivity contribution in [2.75, 3.05) is 6.54 Å². The number of nitrogens with one attached hydrogen (secondary N) is 1. The maximum atomic E-state index is 12.9. The van der Waals surface area contributed by atoms with Crippen LogP contribution in [0.15, 0.2) is 47.4 Å². The van der Waals surface area contributed by atoms with Crippen molar-refractivity contribution in [3.63, 3.8) is 0 Å². The molecule has 3 N–H and O–H groups in total. The van der Waals surface area contributed by atoms with Gasteiger partial charge in [0.05, 0.1) is 11.9 Å². The quantitative estimate of drug-likeness (QED) is 0.624. The Morgan fingerprint density at radius 2 is 1.89 bits per heavy atom. The lowest BCUT2D eigenvalue weighted by Gasteiger charge is -2.14. The molecule has 0 aliphatic heterocycles. The van der Waals surface area contributed by atoms with Gasteiger partial charge in [-0.15, -0.1) is 0 Å². The van der Waals surface area contributed by atoms with Crippen molar-refractivity contribution in [3.8, 4) is 5.75 Å². The number of carbonyl (C=O) groups excluding carboxylic acids is 1. The molecule has 138 valence electrons. The lowest BCUT2D eigenvalue weighted by Crippen LogP contribution is -2.36. The number of rotatable bonds is 5. The zero-order valence-corrected chi connectivity index (χ0v) is 14.5. The van der Waals surface area contributed by atoms with E-state index in [1.54, 1.807) is 6.07 Å². The number of carboxylic acids is 1. The molecule has 0 radical (unpaired) electrons. The molecule has 0 aliphatic carbocycles. The summed E-state index contributed by atoms with van der Waals surface area (Å²) in [5.74, 6) is -2.74. The molecule has 0 saturated heterocycles. The fourth-order valence-electron chi connectivity index (χ4n) is 2.74. The Balaban J connectivity index is 2.16. The SMILES string of the molecule is Cc1ccc(Cn2c(=O)c(C(=O)NCC(=O)O)c(O)c3cccnc32)cc1. The minimum absolute atomic E-state index is 0.145. The summed E-state index contributed by atoms with van der Waals surface area (Å²) in [7, 11) is 0. The van der Waals surface area contributed by atoms with E-state index in [1.165, 1.54) is 16.8 Å². The van der Waals surface area contributed by atoms with Crippen LogP contribution in [0.5, 0.6) is 5.75 Å². The highest BCUT2D eigenvalue weighted by Gasteiger charge is 2.23. The number of nitrogens with zero attached hydrogens (tertiary/aromatic N) is 2. The first-order valence-electron chi connectivity index (χ1n) is 8.14. The fourth-order valence-corrected chi connectivity index (χ4v) is 2.74. The fraction of sp³-hybridized carbons (Fsp3) is 0.158. The predicted octanol–water partition coefficient (Wildman–Crippen LogP) is 1.27. The number of hydrogen-bond donors (Lipinski definition) is 3. The summed E-state index contributed by atoms with van der Waals surface area (Å²) in [6.45, 7) is 1.42. The Kier molecular flexibility index (Phi) is 4.89. The maximum absolute atomic E-state index is 12.9. The molecule has 2 heterocycles. The molecule has 1 amide bonds. The summed E-state index contributed by atoms with van der Waals surface area (Å²) in [4.78, 5) is 40.1. The van der Waals surface area contributed by atoms with Crippen LogP contribution in [0.1, 0.15) is 21.5 Å². The molecule has 0 fully saturated rings. The molecule has 0 bridgehead atoms. The van der Waals surface area contributed by atoms with E-state index >= 15 is 0 Å². The van der Waals surface area contributed by atoms with Gasteiger partial charge in [0.15, 0.2) is 0 Å². The molecule has 0 saturated carbocycles. The molecule has 8 heteroatoms. The molecule has 3 aromatic rings. The Morgan fingerprint density at radius 1 is 1.19 bits per heavy atom. The Labute approximate surface area is 153 Å². The number of aromatic nitrogens is 2. The van der Waals surface area contributed by atoms with Crippen molar-refractivity contribution in [2.45, 2.75) is 13.5 Å². The molecule has 27 heavy (non-hydrogen) atoms. The van der Waals surface area contributed by atoms with E-state index in [0.717, 1.165) is 11.1 Å². The second kappa shape index (κ2) is 7.28. The van der Waals surface area contributed by atoms with E-state index in [2.05, 4.69) is 10.3 Å². The zero-order valence-electron chi connectivity index (χ0n) is 14.5. The van der Waals surface area contributed by atoms with Gasteiger partial charge in [0.25, 0.3) is 11.5 Å². The van der Waals surface area contributed by atoms with Gasteiger partial charge in [-0.25, -0.2) is 4.98 Å². The van der Waals surface area contributed by atoms with Crippen LogP contribution in [0, 0.1) is 6.92 Å². The Bertz CT molecular complexity index is 1090. The standard InChI is InChI=1S/C19H17N3O5/c1-11-4-6-12(7-5-11)10-22-17-13(3-2-8-20-17)16(25)15(19(22)27)18(26)21-9-14(23)24/h2-8,25H,9-10H2,1H3,(H,21,26)(H,23,24). The summed E-state index contributed by atoms with van der Waals surface area (Å²) >= 11 is 0. The normalized spacial score (nSPS) is 10.7. The molecule has 3 rings (SSSR count). The van der Waals surface area contributed by atoms with Crippen molar-refractivity contribution < 1.29 is 19.8 Å². The van der Waals surface area contributed by atoms with Gasteiger partial charge in [-0.05, 0) is 24.6 Å². The molecule has 0 unspecified atom stereocenters. The van der Waals surface area contributed by atoms with Crippen LogP contribution >= 0.6 is 0 Å². The Hall–Kier alpha value is -3.68. The second-order valence-electron chi connectivity index (χ2n) is 6.05. The summed E-state index contributed by atoms with van der Waals surface area (Å²) in [6, 6.07) is 10.6. The summed E-state index contributed by atoms with van der Waals surface area (Å²) < 4.78 is 1.29. The number of amides is 1. The topological polar surface area (TPSA) is 122 Å². The number of aliphatic carboxylic acids is 1. The van der Waals surface area contributed by atoms with E-state index in [1.807, 2.05) is 31.2 Å². The van der Waals surface area contributed by atoms with E-state index < -0.39 is 35.3 Å². The second-order valence-corrected chi connectivity index (χ2v) is 6.05. The molecule has 1 aromatic carbocycles. The lowest BCUT2D eigenvalue weighted by atomic mass is 10.1. The van der Waals surface area contributed by atoms with E-state index in [4.69, 9.17) is 5.11 Å². The van der Waals surface area contributed by atoms with Crippen molar-refractivity contribution in [1.82, 2.24) is 14.9 Å². The maximum Gasteiger partial charge on any atom is 0.322 e. The van der Waals surface area contributed by atoms with Gasteiger partial charge in [-0.1, -0.05) is 29.8 Å². The number of aromatic hydroxyl groups is 1. The van der Waals surface area contributed by atoms with Crippen molar-refractivity contribution >= 4 is 22.9 Å². The van der Waals surface area contributed by atoms with Gasteiger partial charge in [-0.3, -0.25) is 19.0 Å². The highest BCUT2D eigenvalue weighted by Crippen LogP contribution is 2.25. The van der Waals surface area contributed by atoms with Gasteiger partial charge in [-0.2, -0.15) is 0 Å². The minimum atomic E-state index is -1.26. The van der Waals surface area contributed by atoms with Crippen LogP contribution in [0.2, 0.25) is 0 Å². The van der Waals surface area contributed by atoms with Crippen LogP contribution in [-0.4, -0.2) is 38.2 Å². The largest absolute Gasteiger partial charge is 0.506 e. The molecule has 8 nitrogen and oxygen atoms in total. The van der Waals surface area contributed by atoms with E-state index in [-0.39, 0.29) is 17.6 Å². The first-order valence-corrected chi connectivity index (χ1v) is 8.14. The van der Waals surface area contributed by atoms with Gasteiger partial charge >= 0.3 is 5.97 Å². The Morgan fingerprint density at radius 3 is 2.56 bits per heavy atom. The molecule has 2 aromatic heterocycles. The van der Waals surface area contributed by atoms with Gasteiger partial charge in [0, 0.05) is 6.20 Å². The number of fused-ring (bicyclic) bond motifs is 1. The van der Waals surface area contributed by atoms with Crippen molar-refractivity contribution in [3.05, 3.63) is 69.6 Å². The van der Waals surface area contributed by atoms with Crippen molar-refractivity contribution in [1.29, 1.82) is 0 Å². The molecule has 0 atom stereocenters. The predicted molar refractivity (Wildman–Crippen MR) is 97.9 cm³/mol. The van der Waals surface area contributed by atoms with Crippen LogP contribution in [-0.2, 0) is 11.3 Å². The highest BCUT2D eigenvalue weighted by atomic mass is 16.4. The van der Waals surface area contributed by atoms with Crippen LogP contribution in [0.3, 0.4) is 0 Å². The first kappa shape index (κ1) is 18.1. The zero-order chi connectivity index (χ0) is 19.6. The summed E-state index contributed by atoms with van der Waals surface area (Å²) in [6.07, 6.45) is 1.48. The van der Waals surface area contributed by atoms with E-state index in [9.17, 15) is 19.5 Å². The molecular formula is C19H17N3O5. The monoisotopic (exact) mass is 367 g/mol. The smallest absolute Gasteiger partial charge is 0.322 e. The molecule has 0 aliphatic rings. The minimum Gasteiger partial charge on any atom is -0.506 e. The van der Waals surface area contributed by atoms with E-state index in [0.29, 0.717) is 0 Å². The third-order valence-corrected chi connectivity index (χ3v) is 4.08. The number of aryl methyl sites for hydroxylation is 1. The first-order chi connectivity index (χ1) is 12.9. The molecule has 0 spiro atoms. The average molecular weight is 367 g/mol. The highest BCUT2D eigenvalue weighted by molar-refractivity contribution is 6.02. The number of pyridine rings is 2. The number of carboxylic acid groups (broad SMARTS) is 1. The van der Waals surface area contributed by atoms with Gasteiger partial charge in [0.2, 0.25) is 0 Å². The molecular weight excluding hydrogens is 350 g/mol. The lowest BCUT2D eigenvalue weighted by molar-refractivity contribution is -0.135. The average Bonchev–Trinajstić information content (AvgIpc) is 2.65.